The molecule has 2 aromatic heterocycles. The third kappa shape index (κ3) is 3.06. The van der Waals surface area contributed by atoms with E-state index in [1.165, 1.54) is 0 Å². The fraction of sp³-hybridized carbons (Fsp3) is 0.333. The molecule has 2 aromatic rings. The molecule has 0 bridgehead atoms. The monoisotopic (exact) mass is 261 g/mol. The van der Waals surface area contributed by atoms with Gasteiger partial charge in [0.15, 0.2) is 0 Å². The summed E-state index contributed by atoms with van der Waals surface area (Å²) in [6.45, 7) is 4.28. The standard InChI is InChI=1S/C12H15N5O2/c1-7-8(2)16-11(12(18)19)17-10(7)13-4-3-9-5-14-15-6-9/h5-6H,3-4H2,1-2H3,(H,14,15)(H,18,19)(H,13,16,17). The lowest BCUT2D eigenvalue weighted by atomic mass is 10.2. The summed E-state index contributed by atoms with van der Waals surface area (Å²) in [4.78, 5) is 18.8. The topological polar surface area (TPSA) is 104 Å². The van der Waals surface area contributed by atoms with Crippen LogP contribution in [0.1, 0.15) is 27.4 Å². The van der Waals surface area contributed by atoms with Crippen LogP contribution >= 0.6 is 0 Å². The molecule has 0 spiro atoms. The minimum Gasteiger partial charge on any atom is -0.475 e. The second-order valence-electron chi connectivity index (χ2n) is 4.19. The van der Waals surface area contributed by atoms with Gasteiger partial charge in [0.1, 0.15) is 5.82 Å². The Balaban J connectivity index is 2.08. The number of nitrogens with zero attached hydrogens (tertiary/aromatic N) is 3. The van der Waals surface area contributed by atoms with Crippen LogP contribution in [0.5, 0.6) is 0 Å². The average Bonchev–Trinajstić information content (AvgIpc) is 2.87. The van der Waals surface area contributed by atoms with Gasteiger partial charge in [-0.15, -0.1) is 0 Å². The molecule has 0 amide bonds. The summed E-state index contributed by atoms with van der Waals surface area (Å²) in [5.41, 5.74) is 2.60. The molecule has 19 heavy (non-hydrogen) atoms. The first kappa shape index (κ1) is 13.0. The lowest BCUT2D eigenvalue weighted by molar-refractivity contribution is 0.0683. The van der Waals surface area contributed by atoms with E-state index >= 15 is 0 Å². The van der Waals surface area contributed by atoms with Crippen molar-refractivity contribution in [3.63, 3.8) is 0 Å². The number of hydrogen-bond acceptors (Lipinski definition) is 5. The van der Waals surface area contributed by atoms with Gasteiger partial charge in [-0.3, -0.25) is 5.10 Å². The molecule has 3 N–H and O–H groups in total. The Bertz CT molecular complexity index is 580. The van der Waals surface area contributed by atoms with Crippen molar-refractivity contribution < 1.29 is 9.90 Å². The minimum atomic E-state index is -1.12. The van der Waals surface area contributed by atoms with E-state index < -0.39 is 5.97 Å². The van der Waals surface area contributed by atoms with E-state index in [0.717, 1.165) is 17.5 Å². The number of carbonyl (C=O) groups is 1. The molecule has 0 saturated carbocycles. The molecule has 0 aliphatic heterocycles. The summed E-state index contributed by atoms with van der Waals surface area (Å²) < 4.78 is 0. The predicted molar refractivity (Wildman–Crippen MR) is 69.2 cm³/mol. The number of anilines is 1. The highest BCUT2D eigenvalue weighted by Crippen LogP contribution is 2.14. The van der Waals surface area contributed by atoms with Crippen molar-refractivity contribution >= 4 is 11.8 Å². The van der Waals surface area contributed by atoms with Crippen molar-refractivity contribution in [2.75, 3.05) is 11.9 Å². The van der Waals surface area contributed by atoms with Crippen LogP contribution in [-0.2, 0) is 6.42 Å². The number of carboxylic acids is 1. The Kier molecular flexibility index (Phi) is 3.74. The molecule has 100 valence electrons. The lowest BCUT2D eigenvalue weighted by Gasteiger charge is -2.10. The molecule has 0 aliphatic carbocycles. The molecule has 0 aliphatic rings. The maximum atomic E-state index is 10.9. The number of aryl methyl sites for hydroxylation is 1. The van der Waals surface area contributed by atoms with E-state index in [4.69, 9.17) is 5.11 Å². The zero-order valence-corrected chi connectivity index (χ0v) is 10.8. The number of aromatic amines is 1. The maximum absolute atomic E-state index is 10.9. The third-order valence-corrected chi connectivity index (χ3v) is 2.84. The van der Waals surface area contributed by atoms with Crippen molar-refractivity contribution in [3.05, 3.63) is 35.0 Å². The number of aromatic nitrogens is 4. The van der Waals surface area contributed by atoms with Crippen molar-refractivity contribution in [2.45, 2.75) is 20.3 Å². The Morgan fingerprint density at radius 3 is 2.84 bits per heavy atom. The van der Waals surface area contributed by atoms with Crippen LogP contribution in [0.4, 0.5) is 5.82 Å². The molecule has 2 rings (SSSR count). The Labute approximate surface area is 110 Å². The van der Waals surface area contributed by atoms with Gasteiger partial charge in [-0.1, -0.05) is 0 Å². The van der Waals surface area contributed by atoms with Gasteiger partial charge in [0.2, 0.25) is 5.82 Å². The van der Waals surface area contributed by atoms with Crippen molar-refractivity contribution in [3.8, 4) is 0 Å². The Hall–Kier alpha value is -2.44. The van der Waals surface area contributed by atoms with Crippen LogP contribution in [0.3, 0.4) is 0 Å². The highest BCUT2D eigenvalue weighted by Gasteiger charge is 2.12. The summed E-state index contributed by atoms with van der Waals surface area (Å²) in [6.07, 6.45) is 4.35. The molecule has 0 aromatic carbocycles. The minimum absolute atomic E-state index is 0.186. The van der Waals surface area contributed by atoms with E-state index in [0.29, 0.717) is 18.1 Å². The zero-order chi connectivity index (χ0) is 13.8. The second kappa shape index (κ2) is 5.47. The fourth-order valence-corrected chi connectivity index (χ4v) is 1.64. The Morgan fingerprint density at radius 2 is 2.21 bits per heavy atom. The first-order valence-corrected chi connectivity index (χ1v) is 5.88. The molecule has 0 unspecified atom stereocenters. The first-order chi connectivity index (χ1) is 9.08. The third-order valence-electron chi connectivity index (χ3n) is 2.84. The van der Waals surface area contributed by atoms with Gasteiger partial charge >= 0.3 is 5.97 Å². The molecule has 0 atom stereocenters. The Morgan fingerprint density at radius 1 is 1.42 bits per heavy atom. The molecular weight excluding hydrogens is 246 g/mol. The number of aromatic carboxylic acids is 1. The van der Waals surface area contributed by atoms with E-state index in [1.807, 2.05) is 13.1 Å². The van der Waals surface area contributed by atoms with E-state index in [1.54, 1.807) is 13.1 Å². The van der Waals surface area contributed by atoms with Gasteiger partial charge in [-0.25, -0.2) is 14.8 Å². The normalized spacial score (nSPS) is 10.4. The zero-order valence-electron chi connectivity index (χ0n) is 10.8. The van der Waals surface area contributed by atoms with Gasteiger partial charge in [0, 0.05) is 24.0 Å². The summed E-state index contributed by atoms with van der Waals surface area (Å²) in [6, 6.07) is 0. The van der Waals surface area contributed by atoms with Crippen molar-refractivity contribution in [1.82, 2.24) is 20.2 Å². The van der Waals surface area contributed by atoms with Gasteiger partial charge in [-0.2, -0.15) is 5.10 Å². The summed E-state index contributed by atoms with van der Waals surface area (Å²) >= 11 is 0. The average molecular weight is 261 g/mol. The number of H-pyrrole nitrogens is 1. The molecule has 7 nitrogen and oxygen atoms in total. The quantitative estimate of drug-likeness (QED) is 0.746. The number of carboxylic acid groups (broad SMARTS) is 1. The molecule has 7 heteroatoms. The van der Waals surface area contributed by atoms with Gasteiger partial charge < -0.3 is 10.4 Å². The molecular formula is C12H15N5O2. The summed E-state index contributed by atoms with van der Waals surface area (Å²) in [5.74, 6) is -0.747. The largest absolute Gasteiger partial charge is 0.475 e. The predicted octanol–water partition coefficient (Wildman–Crippen LogP) is 1.17. The first-order valence-electron chi connectivity index (χ1n) is 5.88. The maximum Gasteiger partial charge on any atom is 0.374 e. The van der Waals surface area contributed by atoms with Gasteiger partial charge in [0.25, 0.3) is 0 Å². The van der Waals surface area contributed by atoms with Crippen LogP contribution < -0.4 is 5.32 Å². The van der Waals surface area contributed by atoms with Crippen LogP contribution in [0.15, 0.2) is 12.4 Å². The highest BCUT2D eigenvalue weighted by molar-refractivity contribution is 5.83. The van der Waals surface area contributed by atoms with Crippen LogP contribution in [0, 0.1) is 13.8 Å². The van der Waals surface area contributed by atoms with Gasteiger partial charge in [0.05, 0.1) is 6.20 Å². The van der Waals surface area contributed by atoms with E-state index in [9.17, 15) is 4.79 Å². The van der Waals surface area contributed by atoms with E-state index in [-0.39, 0.29) is 5.82 Å². The molecule has 0 radical (unpaired) electrons. The van der Waals surface area contributed by atoms with Crippen LogP contribution in [0.2, 0.25) is 0 Å². The van der Waals surface area contributed by atoms with Gasteiger partial charge in [-0.05, 0) is 25.8 Å². The fourth-order valence-electron chi connectivity index (χ4n) is 1.64. The highest BCUT2D eigenvalue weighted by atomic mass is 16.4. The number of nitrogens with one attached hydrogen (secondary N) is 2. The smallest absolute Gasteiger partial charge is 0.374 e. The van der Waals surface area contributed by atoms with Crippen LogP contribution in [-0.4, -0.2) is 37.8 Å². The van der Waals surface area contributed by atoms with E-state index in [2.05, 4.69) is 25.5 Å². The van der Waals surface area contributed by atoms with Crippen molar-refractivity contribution in [1.29, 1.82) is 0 Å². The summed E-state index contributed by atoms with van der Waals surface area (Å²) in [7, 11) is 0. The second-order valence-corrected chi connectivity index (χ2v) is 4.19. The number of hydrogen-bond donors (Lipinski definition) is 3. The van der Waals surface area contributed by atoms with Crippen LogP contribution in [0.25, 0.3) is 0 Å². The molecule has 2 heterocycles. The summed E-state index contributed by atoms with van der Waals surface area (Å²) in [5, 5.41) is 18.7. The SMILES string of the molecule is Cc1nc(C(=O)O)nc(NCCc2cn[nH]c2)c1C. The molecule has 0 fully saturated rings. The van der Waals surface area contributed by atoms with Crippen molar-refractivity contribution in [2.24, 2.45) is 0 Å². The lowest BCUT2D eigenvalue weighted by Crippen LogP contribution is -2.13. The molecule has 0 saturated heterocycles. The number of rotatable bonds is 5.